The molecule has 328 valence electrons. The summed E-state index contributed by atoms with van der Waals surface area (Å²) in [7, 11) is 0. The van der Waals surface area contributed by atoms with Crippen molar-refractivity contribution in [1.82, 2.24) is 0 Å². The van der Waals surface area contributed by atoms with Crippen molar-refractivity contribution in [3.8, 4) is 44.5 Å². The number of fused-ring (bicyclic) bond motifs is 6. The van der Waals surface area contributed by atoms with Crippen LogP contribution in [0.25, 0.3) is 60.9 Å². The van der Waals surface area contributed by atoms with Crippen LogP contribution in [0.4, 0.5) is 17.1 Å². The summed E-state index contributed by atoms with van der Waals surface area (Å²) in [5.41, 5.74) is 23.7. The van der Waals surface area contributed by atoms with E-state index in [4.69, 9.17) is 0 Å². The first-order valence-corrected chi connectivity index (χ1v) is 24.5. The minimum absolute atomic E-state index is 0.135. The van der Waals surface area contributed by atoms with Gasteiger partial charge in [-0.3, -0.25) is 0 Å². The lowest BCUT2D eigenvalue weighted by molar-refractivity contribution is 0.660. The topological polar surface area (TPSA) is 3.24 Å². The fourth-order valence-electron chi connectivity index (χ4n) is 12.1. The Morgan fingerprint density at radius 3 is 1.59 bits per heavy atom. The van der Waals surface area contributed by atoms with Gasteiger partial charge in [-0.2, -0.15) is 0 Å². The molecule has 0 fully saturated rings. The van der Waals surface area contributed by atoms with Crippen molar-refractivity contribution < 1.29 is 0 Å². The largest absolute Gasteiger partial charge is 0.310 e. The van der Waals surface area contributed by atoms with Crippen molar-refractivity contribution in [1.29, 1.82) is 0 Å². The molecule has 0 aromatic heterocycles. The van der Waals surface area contributed by atoms with Crippen LogP contribution in [0.1, 0.15) is 60.1 Å². The molecule has 0 aliphatic heterocycles. The minimum atomic E-state index is -0.422. The van der Waals surface area contributed by atoms with Crippen LogP contribution >= 0.6 is 0 Å². The molecule has 3 aliphatic rings. The molecule has 10 aromatic carbocycles. The first kappa shape index (κ1) is 41.0. The fourth-order valence-corrected chi connectivity index (χ4v) is 12.1. The van der Waals surface area contributed by atoms with Gasteiger partial charge in [0.2, 0.25) is 0 Å². The molecule has 0 radical (unpaired) electrons. The first-order chi connectivity index (χ1) is 33.9. The van der Waals surface area contributed by atoms with Gasteiger partial charge in [0.05, 0.1) is 5.41 Å². The van der Waals surface area contributed by atoms with E-state index in [1.165, 1.54) is 99.8 Å². The lowest BCUT2D eigenvalue weighted by Gasteiger charge is -2.37. The van der Waals surface area contributed by atoms with Crippen molar-refractivity contribution >= 4 is 33.4 Å². The quantitative estimate of drug-likeness (QED) is 0.147. The van der Waals surface area contributed by atoms with Gasteiger partial charge in [-0.1, -0.05) is 214 Å². The number of nitrogens with zero attached hydrogens (tertiary/aromatic N) is 1. The third kappa shape index (κ3) is 6.60. The lowest BCUT2D eigenvalue weighted by Crippen LogP contribution is -2.30. The predicted molar refractivity (Wildman–Crippen MR) is 291 cm³/mol. The summed E-state index contributed by atoms with van der Waals surface area (Å²) >= 11 is 0. The molecule has 10 aromatic rings. The number of rotatable bonds is 8. The zero-order valence-electron chi connectivity index (χ0n) is 39.0. The van der Waals surface area contributed by atoms with Gasteiger partial charge in [-0.25, -0.2) is 0 Å². The van der Waals surface area contributed by atoms with Crippen LogP contribution in [0.5, 0.6) is 0 Å². The highest BCUT2D eigenvalue weighted by Crippen LogP contribution is 2.59. The average molecular weight is 882 g/mol. The summed E-state index contributed by atoms with van der Waals surface area (Å²) < 4.78 is 0. The molecule has 0 saturated carbocycles. The van der Waals surface area contributed by atoms with Crippen LogP contribution in [-0.4, -0.2) is 0 Å². The van der Waals surface area contributed by atoms with Gasteiger partial charge < -0.3 is 4.90 Å². The number of hydrogen-bond donors (Lipinski definition) is 0. The van der Waals surface area contributed by atoms with E-state index in [0.717, 1.165) is 29.9 Å². The first-order valence-electron chi connectivity index (χ1n) is 24.5. The normalized spacial score (nSPS) is 14.8. The fraction of sp³-hybridized carbons (Fsp3) is 0.0882. The van der Waals surface area contributed by atoms with Crippen molar-refractivity contribution in [2.75, 3.05) is 4.90 Å². The Balaban J connectivity index is 0.910. The van der Waals surface area contributed by atoms with E-state index in [1.54, 1.807) is 0 Å². The van der Waals surface area contributed by atoms with Gasteiger partial charge in [0, 0.05) is 22.5 Å². The summed E-state index contributed by atoms with van der Waals surface area (Å²) in [4.78, 5) is 2.49. The van der Waals surface area contributed by atoms with Gasteiger partial charge in [0.25, 0.3) is 0 Å². The molecule has 0 unspecified atom stereocenters. The molecule has 0 heterocycles. The maximum atomic E-state index is 2.51. The summed E-state index contributed by atoms with van der Waals surface area (Å²) in [5, 5.41) is 2.52. The minimum Gasteiger partial charge on any atom is -0.310 e. The molecule has 0 saturated heterocycles. The van der Waals surface area contributed by atoms with Crippen LogP contribution in [0.2, 0.25) is 0 Å². The second kappa shape index (κ2) is 16.2. The van der Waals surface area contributed by atoms with Gasteiger partial charge in [0.1, 0.15) is 0 Å². The van der Waals surface area contributed by atoms with E-state index in [-0.39, 0.29) is 5.41 Å². The van der Waals surface area contributed by atoms with Gasteiger partial charge >= 0.3 is 0 Å². The Bertz CT molecular complexity index is 3630. The third-order valence-corrected chi connectivity index (χ3v) is 15.4. The second-order valence-electron chi connectivity index (χ2n) is 19.5. The maximum Gasteiger partial charge on any atom is 0.0677 e. The smallest absolute Gasteiger partial charge is 0.0677 e. The van der Waals surface area contributed by atoms with Gasteiger partial charge in [-0.05, 0) is 161 Å². The van der Waals surface area contributed by atoms with E-state index in [1.807, 2.05) is 0 Å². The average Bonchev–Trinajstić information content (AvgIpc) is 3.84. The highest BCUT2D eigenvalue weighted by atomic mass is 15.1. The summed E-state index contributed by atoms with van der Waals surface area (Å²) in [6, 6.07) is 88.3. The number of hydrogen-bond acceptors (Lipinski definition) is 1. The van der Waals surface area contributed by atoms with Crippen molar-refractivity contribution in [3.05, 3.63) is 288 Å². The standard InChI is InChI=1S/C68H51N/c1-67(2)63-26-13-11-24-59(63)61-40-38-57(44-65(61)67)69(58-39-41-62-60-25-12-14-27-64(60)68(66(62)45-58,54-20-5-3-6-21-54)55-22-7-4-8-23-55)56-36-34-48(35-37-56)47-28-30-49(31-29-47)51-18-15-19-52(42-51)53-33-32-46-16-9-10-17-50(46)43-53/h3-13,15-26,28-45H,14,27H2,1-2H3. The monoisotopic (exact) mass is 881 g/mol. The van der Waals surface area contributed by atoms with E-state index in [9.17, 15) is 0 Å². The Morgan fingerprint density at radius 1 is 0.362 bits per heavy atom. The van der Waals surface area contributed by atoms with Crippen molar-refractivity contribution in [3.63, 3.8) is 0 Å². The van der Waals surface area contributed by atoms with Crippen molar-refractivity contribution in [2.45, 2.75) is 37.5 Å². The van der Waals surface area contributed by atoms with Crippen LogP contribution in [-0.2, 0) is 10.8 Å². The van der Waals surface area contributed by atoms with Gasteiger partial charge in [0.15, 0.2) is 0 Å². The highest BCUT2D eigenvalue weighted by Gasteiger charge is 2.47. The molecule has 1 heteroatoms. The molecule has 0 atom stereocenters. The van der Waals surface area contributed by atoms with E-state index < -0.39 is 5.41 Å². The van der Waals surface area contributed by atoms with E-state index in [0.29, 0.717) is 0 Å². The molecule has 3 aliphatic carbocycles. The molecule has 0 N–H and O–H groups in total. The molecular weight excluding hydrogens is 831 g/mol. The maximum absolute atomic E-state index is 2.51. The van der Waals surface area contributed by atoms with Crippen molar-refractivity contribution in [2.24, 2.45) is 0 Å². The van der Waals surface area contributed by atoms with Crippen LogP contribution in [0, 0.1) is 0 Å². The third-order valence-electron chi connectivity index (χ3n) is 15.4. The summed E-state index contributed by atoms with van der Waals surface area (Å²) in [5.74, 6) is 0. The zero-order chi connectivity index (χ0) is 46.1. The van der Waals surface area contributed by atoms with E-state index >= 15 is 0 Å². The van der Waals surface area contributed by atoms with Gasteiger partial charge in [-0.15, -0.1) is 0 Å². The molecule has 13 rings (SSSR count). The molecular formula is C68H51N. The lowest BCUT2D eigenvalue weighted by atomic mass is 9.65. The predicted octanol–water partition coefficient (Wildman–Crippen LogP) is 18.1. The molecule has 0 bridgehead atoms. The number of allylic oxidation sites excluding steroid dienone is 4. The Labute approximate surface area is 406 Å². The molecule has 1 nitrogen and oxygen atoms in total. The second-order valence-corrected chi connectivity index (χ2v) is 19.5. The molecule has 0 spiro atoms. The zero-order valence-corrected chi connectivity index (χ0v) is 39.0. The SMILES string of the molecule is CC1(C)c2ccccc2-c2ccc(N(c3ccc(-c4ccc(-c5cccc(-c6ccc7ccccc7c6)c5)cc4)cc3)c3ccc4c(c3)C(c3ccccc3)(c3ccccc3)C3=C4C=CCC3)cc21. The summed E-state index contributed by atoms with van der Waals surface area (Å²) in [6.45, 7) is 4.75. The summed E-state index contributed by atoms with van der Waals surface area (Å²) in [6.07, 6.45) is 6.80. The van der Waals surface area contributed by atoms with Crippen LogP contribution < -0.4 is 4.90 Å². The molecule has 69 heavy (non-hydrogen) atoms. The highest BCUT2D eigenvalue weighted by molar-refractivity contribution is 5.94. The van der Waals surface area contributed by atoms with E-state index in [2.05, 4.69) is 267 Å². The Morgan fingerprint density at radius 2 is 0.884 bits per heavy atom. The number of benzene rings is 10. The Hall–Kier alpha value is -8.26. The van der Waals surface area contributed by atoms with Crippen LogP contribution in [0.3, 0.4) is 0 Å². The number of anilines is 3. The molecule has 0 amide bonds. The Kier molecular flexibility index (Phi) is 9.63. The van der Waals surface area contributed by atoms with Crippen LogP contribution in [0.15, 0.2) is 254 Å².